The molecule has 0 radical (unpaired) electrons. The quantitative estimate of drug-likeness (QED) is 0.477. The van der Waals surface area contributed by atoms with E-state index >= 15 is 0 Å². The monoisotopic (exact) mass is 402 g/mol. The molecule has 0 aliphatic heterocycles. The van der Waals surface area contributed by atoms with Crippen molar-refractivity contribution in [3.63, 3.8) is 0 Å². The Balaban J connectivity index is 1.42. The minimum absolute atomic E-state index is 0.383. The molecule has 150 valence electrons. The molecule has 0 saturated heterocycles. The molecular weight excluding hydrogens is 383 g/mol. The van der Waals surface area contributed by atoms with Gasteiger partial charge in [-0.15, -0.1) is 0 Å². The Labute approximate surface area is 171 Å². The summed E-state index contributed by atoms with van der Waals surface area (Å²) < 4.78 is 15.4. The number of rotatable bonds is 3. The van der Waals surface area contributed by atoms with Crippen LogP contribution >= 0.6 is 0 Å². The third-order valence-corrected chi connectivity index (χ3v) is 5.28. The predicted octanol–water partition coefficient (Wildman–Crippen LogP) is 4.27. The molecule has 4 aromatic rings. The van der Waals surface area contributed by atoms with E-state index in [2.05, 4.69) is 25.2 Å². The lowest BCUT2D eigenvalue weighted by Gasteiger charge is -2.12. The van der Waals surface area contributed by atoms with Crippen molar-refractivity contribution >= 4 is 34.3 Å². The summed E-state index contributed by atoms with van der Waals surface area (Å²) in [6.07, 6.45) is 4.53. The highest BCUT2D eigenvalue weighted by Gasteiger charge is 2.25. The summed E-state index contributed by atoms with van der Waals surface area (Å²) in [6.45, 7) is 0. The number of aryl methyl sites for hydroxylation is 1. The lowest BCUT2D eigenvalue weighted by molar-refractivity contribution is 0.262. The summed E-state index contributed by atoms with van der Waals surface area (Å²) >= 11 is 0. The second kappa shape index (κ2) is 7.14. The fraction of sp³-hybridized carbons (Fsp3) is 0.136. The molecule has 2 amide bonds. The molecule has 0 atom stereocenters. The van der Waals surface area contributed by atoms with Crippen molar-refractivity contribution in [2.24, 2.45) is 0 Å². The smallest absolute Gasteiger partial charge is 0.323 e. The van der Waals surface area contributed by atoms with Crippen LogP contribution in [0.15, 0.2) is 54.9 Å². The molecule has 8 heteroatoms. The number of nitrogens with zero attached hydrogens (tertiary/aromatic N) is 3. The molecule has 4 N–H and O–H groups in total. The summed E-state index contributed by atoms with van der Waals surface area (Å²) in [6, 6.07) is 12.8. The van der Waals surface area contributed by atoms with E-state index in [4.69, 9.17) is 5.73 Å². The highest BCUT2D eigenvalue weighted by atomic mass is 19.1. The first-order valence-corrected chi connectivity index (χ1v) is 9.67. The van der Waals surface area contributed by atoms with Crippen LogP contribution in [0.2, 0.25) is 0 Å². The number of benzene rings is 2. The molecule has 2 aromatic carbocycles. The van der Waals surface area contributed by atoms with Gasteiger partial charge in [-0.05, 0) is 67.3 Å². The van der Waals surface area contributed by atoms with Gasteiger partial charge in [-0.1, -0.05) is 6.07 Å². The molecule has 0 fully saturated rings. The van der Waals surface area contributed by atoms with E-state index < -0.39 is 11.8 Å². The Kier molecular flexibility index (Phi) is 4.31. The molecule has 0 unspecified atom stereocenters. The van der Waals surface area contributed by atoms with Gasteiger partial charge < -0.3 is 20.9 Å². The first-order valence-electron chi connectivity index (χ1n) is 9.67. The third kappa shape index (κ3) is 3.12. The lowest BCUT2D eigenvalue weighted by atomic mass is 10.2. The normalized spacial score (nSPS) is 12.7. The van der Waals surface area contributed by atoms with Crippen molar-refractivity contribution in [3.05, 3.63) is 71.9 Å². The summed E-state index contributed by atoms with van der Waals surface area (Å²) in [5.41, 5.74) is 12.3. The van der Waals surface area contributed by atoms with Crippen LogP contribution in [-0.4, -0.2) is 20.6 Å². The van der Waals surface area contributed by atoms with Crippen molar-refractivity contribution in [2.45, 2.75) is 19.3 Å². The van der Waals surface area contributed by atoms with Gasteiger partial charge in [0.2, 0.25) is 0 Å². The molecule has 0 spiro atoms. The van der Waals surface area contributed by atoms with Gasteiger partial charge in [0.05, 0.1) is 5.52 Å². The minimum Gasteiger partial charge on any atom is -0.382 e. The number of carbonyl (C=O) groups excluding carboxylic acids is 1. The Morgan fingerprint density at radius 3 is 2.63 bits per heavy atom. The number of halogens is 1. The van der Waals surface area contributed by atoms with Gasteiger partial charge >= 0.3 is 6.03 Å². The molecule has 5 rings (SSSR count). The molecule has 1 aliphatic carbocycles. The van der Waals surface area contributed by atoms with E-state index in [0.29, 0.717) is 17.2 Å². The zero-order valence-corrected chi connectivity index (χ0v) is 16.0. The van der Waals surface area contributed by atoms with E-state index in [0.717, 1.165) is 36.0 Å². The summed E-state index contributed by atoms with van der Waals surface area (Å²) in [7, 11) is 0. The number of amides is 2. The van der Waals surface area contributed by atoms with Crippen molar-refractivity contribution in [1.82, 2.24) is 14.5 Å². The van der Waals surface area contributed by atoms with Crippen molar-refractivity contribution in [2.75, 3.05) is 16.4 Å². The SMILES string of the molecule is Nc1ncnc2c3c(n(-c4ccc(NC(=O)Nc5cccc(F)c5)cc4)c12)CCC3. The molecule has 0 saturated carbocycles. The molecule has 30 heavy (non-hydrogen) atoms. The Morgan fingerprint density at radius 1 is 1.03 bits per heavy atom. The Bertz CT molecular complexity index is 1260. The van der Waals surface area contributed by atoms with Gasteiger partial charge in [0.1, 0.15) is 17.7 Å². The third-order valence-electron chi connectivity index (χ3n) is 5.28. The Morgan fingerprint density at radius 2 is 1.83 bits per heavy atom. The van der Waals surface area contributed by atoms with Crippen LogP contribution in [0.1, 0.15) is 17.7 Å². The van der Waals surface area contributed by atoms with Crippen LogP contribution in [0.5, 0.6) is 0 Å². The van der Waals surface area contributed by atoms with Gasteiger partial charge in [-0.3, -0.25) is 0 Å². The fourth-order valence-corrected chi connectivity index (χ4v) is 4.04. The van der Waals surface area contributed by atoms with Gasteiger partial charge in [-0.2, -0.15) is 0 Å². The molecule has 1 aliphatic rings. The number of fused-ring (bicyclic) bond motifs is 3. The number of anilines is 3. The number of hydrogen-bond donors (Lipinski definition) is 3. The van der Waals surface area contributed by atoms with Gasteiger partial charge in [-0.25, -0.2) is 19.2 Å². The van der Waals surface area contributed by atoms with Crippen molar-refractivity contribution in [3.8, 4) is 5.69 Å². The van der Waals surface area contributed by atoms with Crippen molar-refractivity contribution < 1.29 is 9.18 Å². The van der Waals surface area contributed by atoms with Crippen LogP contribution in [0.4, 0.5) is 26.4 Å². The zero-order valence-electron chi connectivity index (χ0n) is 16.0. The average molecular weight is 402 g/mol. The number of urea groups is 1. The van der Waals surface area contributed by atoms with E-state index in [1.165, 1.54) is 35.8 Å². The number of hydrogen-bond acceptors (Lipinski definition) is 4. The highest BCUT2D eigenvalue weighted by molar-refractivity contribution is 5.99. The maximum atomic E-state index is 13.3. The zero-order chi connectivity index (χ0) is 20.7. The summed E-state index contributed by atoms with van der Waals surface area (Å²) in [5, 5.41) is 5.36. The van der Waals surface area contributed by atoms with E-state index in [-0.39, 0.29) is 0 Å². The molecule has 2 aromatic heterocycles. The summed E-state index contributed by atoms with van der Waals surface area (Å²) in [5.74, 6) is 0.0398. The largest absolute Gasteiger partial charge is 0.382 e. The van der Waals surface area contributed by atoms with E-state index in [9.17, 15) is 9.18 Å². The summed E-state index contributed by atoms with van der Waals surface area (Å²) in [4.78, 5) is 20.8. The van der Waals surface area contributed by atoms with E-state index in [1.807, 2.05) is 24.3 Å². The minimum atomic E-state index is -0.446. The number of nitrogens with two attached hydrogens (primary N) is 1. The molecule has 7 nitrogen and oxygen atoms in total. The number of aromatic nitrogens is 3. The first kappa shape index (κ1) is 18.1. The van der Waals surface area contributed by atoms with Crippen LogP contribution in [0, 0.1) is 5.82 Å². The van der Waals surface area contributed by atoms with Gasteiger partial charge in [0, 0.05) is 22.8 Å². The van der Waals surface area contributed by atoms with Crippen LogP contribution in [0.3, 0.4) is 0 Å². The average Bonchev–Trinajstić information content (AvgIpc) is 3.30. The predicted molar refractivity (Wildman–Crippen MR) is 114 cm³/mol. The van der Waals surface area contributed by atoms with Gasteiger partial charge in [0.15, 0.2) is 5.82 Å². The molecular formula is C22H19FN6O. The highest BCUT2D eigenvalue weighted by Crippen LogP contribution is 2.36. The number of nitrogens with one attached hydrogen (secondary N) is 2. The molecule has 0 bridgehead atoms. The van der Waals surface area contributed by atoms with Crippen LogP contribution in [-0.2, 0) is 12.8 Å². The maximum Gasteiger partial charge on any atom is 0.323 e. The topological polar surface area (TPSA) is 97.9 Å². The van der Waals surface area contributed by atoms with E-state index in [1.54, 1.807) is 6.07 Å². The number of nitrogen functional groups attached to an aromatic ring is 1. The fourth-order valence-electron chi connectivity index (χ4n) is 4.04. The number of carbonyl (C=O) groups is 1. The van der Waals surface area contributed by atoms with Gasteiger partial charge in [0.25, 0.3) is 0 Å². The second-order valence-electron chi connectivity index (χ2n) is 7.21. The lowest BCUT2D eigenvalue weighted by Crippen LogP contribution is -2.19. The first-order chi connectivity index (χ1) is 14.6. The standard InChI is InChI=1S/C22H19FN6O/c23-13-3-1-4-15(11-13)28-22(30)27-14-7-9-16(10-8-14)29-18-6-2-5-17(18)19-20(29)21(24)26-12-25-19/h1,3-4,7-12H,2,5-6H2,(H2,24,25,26)(H2,27,28,30). The molecule has 2 heterocycles. The van der Waals surface area contributed by atoms with Crippen LogP contribution < -0.4 is 16.4 Å². The van der Waals surface area contributed by atoms with Crippen LogP contribution in [0.25, 0.3) is 16.7 Å². The maximum absolute atomic E-state index is 13.3. The van der Waals surface area contributed by atoms with Crippen molar-refractivity contribution in [1.29, 1.82) is 0 Å². The Hall–Kier alpha value is -3.94. The second-order valence-corrected chi connectivity index (χ2v) is 7.21.